The number of carbonyl (C=O) groups is 1. The summed E-state index contributed by atoms with van der Waals surface area (Å²) in [5, 5.41) is 3.01. The number of carbonyl (C=O) groups excluding carboxylic acids is 1. The zero-order chi connectivity index (χ0) is 10.4. The van der Waals surface area contributed by atoms with Crippen LogP contribution in [-0.2, 0) is 4.74 Å². The van der Waals surface area contributed by atoms with E-state index in [1.165, 1.54) is 0 Å². The van der Waals surface area contributed by atoms with Crippen molar-refractivity contribution >= 4 is 6.03 Å². The van der Waals surface area contributed by atoms with E-state index in [1.807, 2.05) is 7.05 Å². The van der Waals surface area contributed by atoms with Gasteiger partial charge in [-0.3, -0.25) is 0 Å². The zero-order valence-corrected chi connectivity index (χ0v) is 9.08. The van der Waals surface area contributed by atoms with Crippen LogP contribution in [0.15, 0.2) is 0 Å². The predicted octanol–water partition coefficient (Wildman–Crippen LogP) is 1.46. The van der Waals surface area contributed by atoms with Gasteiger partial charge in [-0.15, -0.1) is 0 Å². The van der Waals surface area contributed by atoms with Gasteiger partial charge in [0.25, 0.3) is 0 Å². The molecule has 0 aliphatic carbocycles. The summed E-state index contributed by atoms with van der Waals surface area (Å²) in [5.41, 5.74) is 0. The molecular weight excluding hydrogens is 180 g/mol. The third-order valence-electron chi connectivity index (χ3n) is 2.45. The SMILES string of the molecule is CCCN(C)C(=O)NC1CCOCC1.[HH]. The highest BCUT2D eigenvalue weighted by Crippen LogP contribution is 2.06. The number of ether oxygens (including phenoxy) is 1. The summed E-state index contributed by atoms with van der Waals surface area (Å²) in [7, 11) is 1.83. The van der Waals surface area contributed by atoms with E-state index in [-0.39, 0.29) is 7.46 Å². The molecule has 1 saturated heterocycles. The molecule has 0 atom stereocenters. The smallest absolute Gasteiger partial charge is 0.317 e. The lowest BCUT2D eigenvalue weighted by atomic mass is 10.1. The first-order chi connectivity index (χ1) is 6.74. The Morgan fingerprint density at radius 3 is 2.79 bits per heavy atom. The second-order valence-electron chi connectivity index (χ2n) is 3.76. The maximum Gasteiger partial charge on any atom is 0.317 e. The van der Waals surface area contributed by atoms with Gasteiger partial charge in [0.05, 0.1) is 0 Å². The van der Waals surface area contributed by atoms with E-state index in [1.54, 1.807) is 4.90 Å². The van der Waals surface area contributed by atoms with E-state index < -0.39 is 0 Å². The third kappa shape index (κ3) is 3.54. The lowest BCUT2D eigenvalue weighted by Gasteiger charge is -2.26. The lowest BCUT2D eigenvalue weighted by molar-refractivity contribution is 0.0785. The van der Waals surface area contributed by atoms with Crippen LogP contribution in [0, 0.1) is 0 Å². The van der Waals surface area contributed by atoms with Crippen LogP contribution < -0.4 is 5.32 Å². The molecule has 0 aromatic heterocycles. The molecule has 0 aromatic carbocycles. The summed E-state index contributed by atoms with van der Waals surface area (Å²) in [5.74, 6) is 0. The zero-order valence-electron chi connectivity index (χ0n) is 9.08. The first-order valence-electron chi connectivity index (χ1n) is 5.33. The maximum atomic E-state index is 11.6. The number of hydrogen-bond acceptors (Lipinski definition) is 2. The minimum absolute atomic E-state index is 0. The molecule has 4 heteroatoms. The van der Waals surface area contributed by atoms with Crippen molar-refractivity contribution in [1.82, 2.24) is 10.2 Å². The second-order valence-corrected chi connectivity index (χ2v) is 3.76. The van der Waals surface area contributed by atoms with Crippen LogP contribution in [-0.4, -0.2) is 43.8 Å². The van der Waals surface area contributed by atoms with Crippen molar-refractivity contribution in [3.63, 3.8) is 0 Å². The van der Waals surface area contributed by atoms with Crippen molar-refractivity contribution in [2.45, 2.75) is 32.2 Å². The molecule has 1 aliphatic rings. The van der Waals surface area contributed by atoms with Crippen molar-refractivity contribution in [3.05, 3.63) is 0 Å². The molecule has 4 nitrogen and oxygen atoms in total. The van der Waals surface area contributed by atoms with E-state index in [4.69, 9.17) is 4.74 Å². The molecule has 0 aromatic rings. The largest absolute Gasteiger partial charge is 0.381 e. The molecule has 1 heterocycles. The van der Waals surface area contributed by atoms with Crippen LogP contribution in [0.4, 0.5) is 4.79 Å². The molecule has 0 spiro atoms. The van der Waals surface area contributed by atoms with Crippen LogP contribution >= 0.6 is 0 Å². The normalized spacial score (nSPS) is 17.9. The van der Waals surface area contributed by atoms with Crippen molar-refractivity contribution in [1.29, 1.82) is 0 Å². The number of hydrogen-bond donors (Lipinski definition) is 1. The Morgan fingerprint density at radius 1 is 1.57 bits per heavy atom. The quantitative estimate of drug-likeness (QED) is 0.753. The maximum absolute atomic E-state index is 11.6. The summed E-state index contributed by atoms with van der Waals surface area (Å²) in [6, 6.07) is 0.342. The number of nitrogens with zero attached hydrogens (tertiary/aromatic N) is 1. The summed E-state index contributed by atoms with van der Waals surface area (Å²) in [6.45, 7) is 4.41. The standard InChI is InChI=1S/C10H20N2O2.H2/c1-3-6-12(2)10(13)11-9-4-7-14-8-5-9;/h9H,3-8H2,1-2H3,(H,11,13);1H. The van der Waals surface area contributed by atoms with Gasteiger partial charge in [0, 0.05) is 34.3 Å². The lowest BCUT2D eigenvalue weighted by Crippen LogP contribution is -2.45. The minimum Gasteiger partial charge on any atom is -0.381 e. The van der Waals surface area contributed by atoms with Crippen LogP contribution in [0.1, 0.15) is 27.6 Å². The Kier molecular flexibility index (Phi) is 4.73. The molecular formula is C10H22N2O2. The molecule has 84 valence electrons. The van der Waals surface area contributed by atoms with Gasteiger partial charge in [-0.25, -0.2) is 4.79 Å². The van der Waals surface area contributed by atoms with Gasteiger partial charge in [0.1, 0.15) is 0 Å². The van der Waals surface area contributed by atoms with Gasteiger partial charge in [-0.2, -0.15) is 0 Å². The van der Waals surface area contributed by atoms with E-state index >= 15 is 0 Å². The fourth-order valence-corrected chi connectivity index (χ4v) is 1.56. The average Bonchev–Trinajstić information content (AvgIpc) is 2.19. The first kappa shape index (κ1) is 11.3. The third-order valence-corrected chi connectivity index (χ3v) is 2.45. The van der Waals surface area contributed by atoms with Crippen molar-refractivity contribution in [2.75, 3.05) is 26.8 Å². The molecule has 0 unspecified atom stereocenters. The van der Waals surface area contributed by atoms with Crippen molar-refractivity contribution in [3.8, 4) is 0 Å². The Morgan fingerprint density at radius 2 is 2.21 bits per heavy atom. The number of rotatable bonds is 3. The monoisotopic (exact) mass is 202 g/mol. The fraction of sp³-hybridized carbons (Fsp3) is 0.900. The van der Waals surface area contributed by atoms with Crippen LogP contribution in [0.5, 0.6) is 0 Å². The molecule has 1 aliphatic heterocycles. The summed E-state index contributed by atoms with van der Waals surface area (Å²) in [6.07, 6.45) is 2.87. The topological polar surface area (TPSA) is 41.6 Å². The van der Waals surface area contributed by atoms with Gasteiger partial charge < -0.3 is 15.0 Å². The van der Waals surface area contributed by atoms with E-state index in [9.17, 15) is 4.79 Å². The van der Waals surface area contributed by atoms with Crippen LogP contribution in [0.3, 0.4) is 0 Å². The van der Waals surface area contributed by atoms with Crippen molar-refractivity contribution < 1.29 is 11.0 Å². The van der Waals surface area contributed by atoms with Crippen LogP contribution in [0.2, 0.25) is 0 Å². The molecule has 2 amide bonds. The second kappa shape index (κ2) is 5.86. The van der Waals surface area contributed by atoms with Crippen molar-refractivity contribution in [2.24, 2.45) is 0 Å². The van der Waals surface area contributed by atoms with Gasteiger partial charge in [-0.1, -0.05) is 6.92 Å². The summed E-state index contributed by atoms with van der Waals surface area (Å²) in [4.78, 5) is 13.3. The average molecular weight is 202 g/mol. The summed E-state index contributed by atoms with van der Waals surface area (Å²) >= 11 is 0. The Balaban J connectivity index is 0.00000196. The highest BCUT2D eigenvalue weighted by Gasteiger charge is 2.17. The number of nitrogens with one attached hydrogen (secondary N) is 1. The molecule has 0 bridgehead atoms. The summed E-state index contributed by atoms with van der Waals surface area (Å²) < 4.78 is 5.22. The van der Waals surface area contributed by atoms with E-state index in [0.29, 0.717) is 6.04 Å². The number of amides is 2. The van der Waals surface area contributed by atoms with E-state index in [2.05, 4.69) is 12.2 Å². The first-order valence-corrected chi connectivity index (χ1v) is 5.33. The highest BCUT2D eigenvalue weighted by atomic mass is 16.5. The van der Waals surface area contributed by atoms with Gasteiger partial charge >= 0.3 is 6.03 Å². The van der Waals surface area contributed by atoms with Gasteiger partial charge in [0.15, 0.2) is 0 Å². The highest BCUT2D eigenvalue weighted by molar-refractivity contribution is 5.74. The fourth-order valence-electron chi connectivity index (χ4n) is 1.56. The van der Waals surface area contributed by atoms with Gasteiger partial charge in [0.2, 0.25) is 0 Å². The van der Waals surface area contributed by atoms with Gasteiger partial charge in [-0.05, 0) is 19.3 Å². The predicted molar refractivity (Wildman–Crippen MR) is 57.4 cm³/mol. The Labute approximate surface area is 87.1 Å². The molecule has 1 rings (SSSR count). The molecule has 1 N–H and O–H groups in total. The van der Waals surface area contributed by atoms with Crippen LogP contribution in [0.25, 0.3) is 0 Å². The Hall–Kier alpha value is -0.770. The molecule has 0 saturated carbocycles. The number of urea groups is 1. The van der Waals surface area contributed by atoms with E-state index in [0.717, 1.165) is 39.0 Å². The molecule has 14 heavy (non-hydrogen) atoms. The molecule has 1 fully saturated rings. The molecule has 0 radical (unpaired) electrons. The Bertz CT molecular complexity index is 184. The minimum atomic E-state index is 0.